The molecule has 4 aromatic rings. The Morgan fingerprint density at radius 2 is 1.00 bits per heavy atom. The lowest BCUT2D eigenvalue weighted by Crippen LogP contribution is -2.03. The zero-order valence-corrected chi connectivity index (χ0v) is 16.0. The highest BCUT2D eigenvalue weighted by Gasteiger charge is 2.16. The van der Waals surface area contributed by atoms with Crippen LogP contribution < -0.4 is 4.74 Å². The Kier molecular flexibility index (Phi) is 5.71. The van der Waals surface area contributed by atoms with Gasteiger partial charge in [-0.2, -0.15) is 0 Å². The molecule has 4 rings (SSSR count). The summed E-state index contributed by atoms with van der Waals surface area (Å²) in [7, 11) is 0. The van der Waals surface area contributed by atoms with Gasteiger partial charge in [0.15, 0.2) is 34.8 Å². The minimum atomic E-state index is -1.62. The van der Waals surface area contributed by atoms with Gasteiger partial charge in [-0.25, -0.2) is 22.0 Å². The molecular formula is C25H15F5O. The van der Waals surface area contributed by atoms with Crippen molar-refractivity contribution in [3.05, 3.63) is 114 Å². The van der Waals surface area contributed by atoms with E-state index in [1.165, 1.54) is 0 Å². The molecule has 0 saturated carbocycles. The Balaban J connectivity index is 1.55. The van der Waals surface area contributed by atoms with Crippen LogP contribution in [0.1, 0.15) is 5.56 Å². The van der Waals surface area contributed by atoms with Crippen LogP contribution in [-0.4, -0.2) is 0 Å². The molecule has 31 heavy (non-hydrogen) atoms. The van der Waals surface area contributed by atoms with Crippen molar-refractivity contribution < 1.29 is 26.7 Å². The molecule has 0 aliphatic carbocycles. The Morgan fingerprint density at radius 3 is 1.55 bits per heavy atom. The lowest BCUT2D eigenvalue weighted by atomic mass is 10.00. The van der Waals surface area contributed by atoms with Gasteiger partial charge < -0.3 is 4.74 Å². The quantitative estimate of drug-likeness (QED) is 0.240. The van der Waals surface area contributed by atoms with E-state index in [0.717, 1.165) is 23.3 Å². The number of hydrogen-bond donors (Lipinski definition) is 0. The SMILES string of the molecule is Fc1cc(COc2c(F)cc(-c3ccc(-c4ccccc4)cc3)cc2F)cc(F)c1F. The minimum absolute atomic E-state index is 0.101. The maximum atomic E-state index is 14.5. The Bertz CT molecular complexity index is 1170. The third-order valence-corrected chi connectivity index (χ3v) is 4.75. The van der Waals surface area contributed by atoms with Gasteiger partial charge in [-0.1, -0.05) is 54.6 Å². The number of ether oxygens (including phenoxy) is 1. The molecule has 4 aromatic carbocycles. The molecule has 0 radical (unpaired) electrons. The molecule has 6 heteroatoms. The molecule has 0 atom stereocenters. The zero-order chi connectivity index (χ0) is 22.0. The fraction of sp³-hybridized carbons (Fsp3) is 0.0400. The molecule has 156 valence electrons. The molecule has 0 aromatic heterocycles. The lowest BCUT2D eigenvalue weighted by Gasteiger charge is -2.11. The monoisotopic (exact) mass is 426 g/mol. The molecule has 0 heterocycles. The van der Waals surface area contributed by atoms with Crippen molar-refractivity contribution in [3.63, 3.8) is 0 Å². The normalized spacial score (nSPS) is 10.9. The minimum Gasteiger partial charge on any atom is -0.483 e. The number of rotatable bonds is 5. The summed E-state index contributed by atoms with van der Waals surface area (Å²) < 4.78 is 73.6. The molecular weight excluding hydrogens is 411 g/mol. The summed E-state index contributed by atoms with van der Waals surface area (Å²) in [5.41, 5.74) is 2.79. The summed E-state index contributed by atoms with van der Waals surface area (Å²) in [4.78, 5) is 0. The average molecular weight is 426 g/mol. The second-order valence-electron chi connectivity index (χ2n) is 6.87. The van der Waals surface area contributed by atoms with Crippen molar-refractivity contribution in [2.45, 2.75) is 6.61 Å². The van der Waals surface area contributed by atoms with E-state index in [1.54, 1.807) is 12.1 Å². The maximum absolute atomic E-state index is 14.5. The topological polar surface area (TPSA) is 9.23 Å². The van der Waals surface area contributed by atoms with E-state index in [4.69, 9.17) is 4.74 Å². The molecule has 0 aliphatic heterocycles. The van der Waals surface area contributed by atoms with E-state index in [2.05, 4.69) is 0 Å². The molecule has 1 nitrogen and oxygen atoms in total. The largest absolute Gasteiger partial charge is 0.483 e. The summed E-state index contributed by atoms with van der Waals surface area (Å²) in [6.45, 7) is -0.535. The molecule has 0 bridgehead atoms. The highest BCUT2D eigenvalue weighted by atomic mass is 19.2. The Morgan fingerprint density at radius 1 is 0.516 bits per heavy atom. The first kappa shape index (κ1) is 20.6. The third kappa shape index (κ3) is 4.43. The van der Waals surface area contributed by atoms with Gasteiger partial charge in [-0.05, 0) is 52.1 Å². The van der Waals surface area contributed by atoms with Gasteiger partial charge in [0.05, 0.1) is 0 Å². The molecule has 0 N–H and O–H groups in total. The van der Waals surface area contributed by atoms with Crippen LogP contribution in [0.5, 0.6) is 5.75 Å². The third-order valence-electron chi connectivity index (χ3n) is 4.75. The highest BCUT2D eigenvalue weighted by molar-refractivity contribution is 5.70. The fourth-order valence-electron chi connectivity index (χ4n) is 3.20. The number of benzene rings is 4. The predicted molar refractivity (Wildman–Crippen MR) is 108 cm³/mol. The van der Waals surface area contributed by atoms with E-state index in [1.807, 2.05) is 42.5 Å². The van der Waals surface area contributed by atoms with Gasteiger partial charge in [0.1, 0.15) is 6.61 Å². The molecule has 0 unspecified atom stereocenters. The van der Waals surface area contributed by atoms with Crippen LogP contribution in [0.15, 0.2) is 78.9 Å². The smallest absolute Gasteiger partial charge is 0.194 e. The summed E-state index contributed by atoms with van der Waals surface area (Å²) in [6.07, 6.45) is 0. The summed E-state index contributed by atoms with van der Waals surface area (Å²) in [5, 5.41) is 0. The van der Waals surface area contributed by atoms with Crippen molar-refractivity contribution in [2.24, 2.45) is 0 Å². The molecule has 0 saturated heterocycles. The summed E-state index contributed by atoms with van der Waals surface area (Å²) >= 11 is 0. The maximum Gasteiger partial charge on any atom is 0.194 e. The lowest BCUT2D eigenvalue weighted by molar-refractivity contribution is 0.272. The molecule has 0 fully saturated rings. The molecule has 0 spiro atoms. The van der Waals surface area contributed by atoms with Gasteiger partial charge in [-0.15, -0.1) is 0 Å². The first-order chi connectivity index (χ1) is 14.9. The van der Waals surface area contributed by atoms with Gasteiger partial charge in [0.2, 0.25) is 0 Å². The highest BCUT2D eigenvalue weighted by Crippen LogP contribution is 2.31. The van der Waals surface area contributed by atoms with Crippen molar-refractivity contribution in [2.75, 3.05) is 0 Å². The van der Waals surface area contributed by atoms with Crippen LogP contribution in [0.25, 0.3) is 22.3 Å². The Hall–Kier alpha value is -3.67. The average Bonchev–Trinajstić information content (AvgIpc) is 2.77. The fourth-order valence-corrected chi connectivity index (χ4v) is 3.20. The predicted octanol–water partition coefficient (Wildman–Crippen LogP) is 7.30. The van der Waals surface area contributed by atoms with E-state index in [0.29, 0.717) is 23.3 Å². The van der Waals surface area contributed by atoms with Crippen molar-refractivity contribution in [1.82, 2.24) is 0 Å². The summed E-state index contributed by atoms with van der Waals surface area (Å²) in [6, 6.07) is 20.5. The van der Waals surface area contributed by atoms with Crippen LogP contribution in [0.3, 0.4) is 0 Å². The van der Waals surface area contributed by atoms with Crippen LogP contribution in [0, 0.1) is 29.1 Å². The zero-order valence-electron chi connectivity index (χ0n) is 16.0. The second kappa shape index (κ2) is 8.60. The van der Waals surface area contributed by atoms with E-state index in [-0.39, 0.29) is 5.56 Å². The van der Waals surface area contributed by atoms with Gasteiger partial charge in [-0.3, -0.25) is 0 Å². The van der Waals surface area contributed by atoms with Gasteiger partial charge >= 0.3 is 0 Å². The van der Waals surface area contributed by atoms with Gasteiger partial charge in [0.25, 0.3) is 0 Å². The van der Waals surface area contributed by atoms with Crippen molar-refractivity contribution in [3.8, 4) is 28.0 Å². The number of halogens is 5. The second-order valence-corrected chi connectivity index (χ2v) is 6.87. The van der Waals surface area contributed by atoms with E-state index < -0.39 is 41.4 Å². The van der Waals surface area contributed by atoms with E-state index in [9.17, 15) is 22.0 Å². The first-order valence-electron chi connectivity index (χ1n) is 9.33. The van der Waals surface area contributed by atoms with Crippen LogP contribution >= 0.6 is 0 Å². The van der Waals surface area contributed by atoms with Crippen molar-refractivity contribution >= 4 is 0 Å². The molecule has 0 amide bonds. The van der Waals surface area contributed by atoms with E-state index >= 15 is 0 Å². The summed E-state index contributed by atoms with van der Waals surface area (Å²) in [5.74, 6) is -7.06. The van der Waals surface area contributed by atoms with Crippen molar-refractivity contribution in [1.29, 1.82) is 0 Å². The molecule has 0 aliphatic rings. The Labute approximate surface area is 175 Å². The van der Waals surface area contributed by atoms with Gasteiger partial charge in [0, 0.05) is 0 Å². The standard InChI is InChI=1S/C25H15F5O/c26-20-10-15(11-21(27)24(20)30)14-31-25-22(28)12-19(13-23(25)29)18-8-6-17(7-9-18)16-4-2-1-3-5-16/h1-13H,14H2. The van der Waals surface area contributed by atoms with Crippen LogP contribution in [0.2, 0.25) is 0 Å². The number of hydrogen-bond acceptors (Lipinski definition) is 1. The first-order valence-corrected chi connectivity index (χ1v) is 9.33. The van der Waals surface area contributed by atoms with Crippen LogP contribution in [-0.2, 0) is 6.61 Å². The van der Waals surface area contributed by atoms with Crippen LogP contribution in [0.4, 0.5) is 22.0 Å².